The molecule has 96 valence electrons. The molecular formula is C12H17Cl2NO2. The van der Waals surface area contributed by atoms with Crippen LogP contribution in [0.1, 0.15) is 13.3 Å². The highest BCUT2D eigenvalue weighted by molar-refractivity contribution is 6.42. The number of halogens is 2. The quantitative estimate of drug-likeness (QED) is 0.753. The molecular weight excluding hydrogens is 261 g/mol. The number of ether oxygens (including phenoxy) is 1. The molecule has 1 atom stereocenters. The summed E-state index contributed by atoms with van der Waals surface area (Å²) in [4.78, 5) is 0. The molecule has 0 radical (unpaired) electrons. The van der Waals surface area contributed by atoms with E-state index in [9.17, 15) is 5.11 Å². The molecule has 0 saturated carbocycles. The van der Waals surface area contributed by atoms with Crippen LogP contribution in [0.15, 0.2) is 18.2 Å². The number of rotatable bonds is 7. The van der Waals surface area contributed by atoms with Crippen molar-refractivity contribution in [3.05, 3.63) is 28.2 Å². The molecule has 1 aromatic rings. The molecule has 0 aromatic heterocycles. The first kappa shape index (κ1) is 14.6. The van der Waals surface area contributed by atoms with Crippen LogP contribution in [0.25, 0.3) is 0 Å². The van der Waals surface area contributed by atoms with Crippen LogP contribution in [-0.4, -0.2) is 30.9 Å². The second kappa shape index (κ2) is 7.77. The van der Waals surface area contributed by atoms with E-state index in [0.717, 1.165) is 13.0 Å². The van der Waals surface area contributed by atoms with E-state index in [1.54, 1.807) is 18.2 Å². The van der Waals surface area contributed by atoms with E-state index in [2.05, 4.69) is 12.2 Å². The molecule has 17 heavy (non-hydrogen) atoms. The Labute approximate surface area is 112 Å². The summed E-state index contributed by atoms with van der Waals surface area (Å²) in [5, 5.41) is 13.6. The van der Waals surface area contributed by atoms with Crippen LogP contribution in [0.4, 0.5) is 0 Å². The number of hydrogen-bond acceptors (Lipinski definition) is 3. The van der Waals surface area contributed by atoms with Crippen molar-refractivity contribution in [1.82, 2.24) is 5.32 Å². The summed E-state index contributed by atoms with van der Waals surface area (Å²) in [6.45, 7) is 3.65. The Kier molecular flexibility index (Phi) is 6.66. The summed E-state index contributed by atoms with van der Waals surface area (Å²) in [7, 11) is 0. The maximum absolute atomic E-state index is 9.63. The molecule has 5 heteroatoms. The number of aliphatic hydroxyl groups excluding tert-OH is 1. The zero-order valence-electron chi connectivity index (χ0n) is 9.75. The van der Waals surface area contributed by atoms with Gasteiger partial charge >= 0.3 is 0 Å². The molecule has 3 nitrogen and oxygen atoms in total. The second-order valence-electron chi connectivity index (χ2n) is 3.72. The van der Waals surface area contributed by atoms with Crippen LogP contribution in [-0.2, 0) is 0 Å². The highest BCUT2D eigenvalue weighted by Gasteiger charge is 2.08. The fraction of sp³-hybridized carbons (Fsp3) is 0.500. The van der Waals surface area contributed by atoms with Crippen LogP contribution < -0.4 is 10.1 Å². The summed E-state index contributed by atoms with van der Waals surface area (Å²) >= 11 is 11.8. The summed E-state index contributed by atoms with van der Waals surface area (Å²) in [6, 6.07) is 5.17. The molecule has 2 N–H and O–H groups in total. The Morgan fingerprint density at radius 2 is 2.18 bits per heavy atom. The van der Waals surface area contributed by atoms with Gasteiger partial charge in [-0.05, 0) is 25.1 Å². The first-order valence-corrected chi connectivity index (χ1v) is 6.36. The van der Waals surface area contributed by atoms with Gasteiger partial charge in [0.2, 0.25) is 0 Å². The van der Waals surface area contributed by atoms with Crippen LogP contribution >= 0.6 is 23.2 Å². The topological polar surface area (TPSA) is 41.5 Å². The Bertz CT molecular complexity index is 347. The van der Waals surface area contributed by atoms with Crippen molar-refractivity contribution in [2.24, 2.45) is 0 Å². The maximum Gasteiger partial charge on any atom is 0.139 e. The first-order chi connectivity index (χ1) is 8.15. The number of benzene rings is 1. The van der Waals surface area contributed by atoms with Gasteiger partial charge in [-0.1, -0.05) is 36.2 Å². The van der Waals surface area contributed by atoms with E-state index in [1.807, 2.05) is 0 Å². The minimum atomic E-state index is -0.559. The van der Waals surface area contributed by atoms with E-state index in [-0.39, 0.29) is 6.61 Å². The Balaban J connectivity index is 2.37. The average Bonchev–Trinajstić information content (AvgIpc) is 2.31. The Morgan fingerprint density at radius 1 is 1.41 bits per heavy atom. The van der Waals surface area contributed by atoms with Gasteiger partial charge in [0.05, 0.1) is 5.02 Å². The van der Waals surface area contributed by atoms with Gasteiger partial charge in [-0.15, -0.1) is 0 Å². The molecule has 0 aliphatic carbocycles. The minimum absolute atomic E-state index is 0.191. The van der Waals surface area contributed by atoms with Crippen molar-refractivity contribution in [1.29, 1.82) is 0 Å². The lowest BCUT2D eigenvalue weighted by atomic mass is 10.3. The molecule has 0 aliphatic rings. The third-order valence-electron chi connectivity index (χ3n) is 2.15. The van der Waals surface area contributed by atoms with Crippen molar-refractivity contribution < 1.29 is 9.84 Å². The van der Waals surface area contributed by atoms with Crippen molar-refractivity contribution >= 4 is 23.2 Å². The summed E-state index contributed by atoms with van der Waals surface area (Å²) < 4.78 is 5.40. The predicted octanol–water partition coefficient (Wildman–Crippen LogP) is 2.73. The van der Waals surface area contributed by atoms with Gasteiger partial charge in [-0.25, -0.2) is 0 Å². The molecule has 0 aliphatic heterocycles. The average molecular weight is 278 g/mol. The number of aliphatic hydroxyl groups is 1. The molecule has 0 amide bonds. The first-order valence-electron chi connectivity index (χ1n) is 5.60. The Hall–Kier alpha value is -0.480. The van der Waals surface area contributed by atoms with Gasteiger partial charge < -0.3 is 15.2 Å². The molecule has 1 unspecified atom stereocenters. The lowest BCUT2D eigenvalue weighted by Crippen LogP contribution is -2.31. The van der Waals surface area contributed by atoms with E-state index in [1.165, 1.54) is 0 Å². The SMILES string of the molecule is CCCNCC(O)COc1cccc(Cl)c1Cl. The molecule has 1 rings (SSSR count). The third-order valence-corrected chi connectivity index (χ3v) is 2.96. The van der Waals surface area contributed by atoms with E-state index in [4.69, 9.17) is 27.9 Å². The van der Waals surface area contributed by atoms with Crippen molar-refractivity contribution in [2.45, 2.75) is 19.4 Å². The molecule has 1 aromatic carbocycles. The minimum Gasteiger partial charge on any atom is -0.489 e. The normalized spacial score (nSPS) is 12.5. The van der Waals surface area contributed by atoms with Crippen molar-refractivity contribution in [3.8, 4) is 5.75 Å². The van der Waals surface area contributed by atoms with Crippen molar-refractivity contribution in [2.75, 3.05) is 19.7 Å². The number of hydrogen-bond donors (Lipinski definition) is 2. The molecule has 0 saturated heterocycles. The third kappa shape index (κ3) is 5.13. The van der Waals surface area contributed by atoms with Gasteiger partial charge in [-0.2, -0.15) is 0 Å². The van der Waals surface area contributed by atoms with Crippen LogP contribution in [0, 0.1) is 0 Å². The fourth-order valence-corrected chi connectivity index (χ4v) is 1.63. The summed E-state index contributed by atoms with van der Waals surface area (Å²) in [5.74, 6) is 0.494. The molecule has 0 bridgehead atoms. The van der Waals surface area contributed by atoms with Gasteiger partial charge in [0.25, 0.3) is 0 Å². The van der Waals surface area contributed by atoms with E-state index < -0.39 is 6.10 Å². The van der Waals surface area contributed by atoms with E-state index >= 15 is 0 Å². The second-order valence-corrected chi connectivity index (χ2v) is 4.51. The highest BCUT2D eigenvalue weighted by Crippen LogP contribution is 2.31. The summed E-state index contributed by atoms with van der Waals surface area (Å²) in [6.07, 6.45) is 0.477. The maximum atomic E-state index is 9.63. The standard InChI is InChI=1S/C12H17Cl2NO2/c1-2-6-15-7-9(16)8-17-11-5-3-4-10(13)12(11)14/h3-5,9,15-16H,2,6-8H2,1H3. The molecule has 0 heterocycles. The van der Waals surface area contributed by atoms with Gasteiger partial charge in [0.15, 0.2) is 0 Å². The lowest BCUT2D eigenvalue weighted by molar-refractivity contribution is 0.106. The lowest BCUT2D eigenvalue weighted by Gasteiger charge is -2.14. The van der Waals surface area contributed by atoms with Crippen LogP contribution in [0.5, 0.6) is 5.75 Å². The monoisotopic (exact) mass is 277 g/mol. The van der Waals surface area contributed by atoms with Gasteiger partial charge in [-0.3, -0.25) is 0 Å². The summed E-state index contributed by atoms with van der Waals surface area (Å²) in [5.41, 5.74) is 0. The largest absolute Gasteiger partial charge is 0.489 e. The van der Waals surface area contributed by atoms with Crippen LogP contribution in [0.3, 0.4) is 0 Å². The number of nitrogens with one attached hydrogen (secondary N) is 1. The van der Waals surface area contributed by atoms with Crippen molar-refractivity contribution in [3.63, 3.8) is 0 Å². The van der Waals surface area contributed by atoms with Gasteiger partial charge in [0, 0.05) is 6.54 Å². The highest BCUT2D eigenvalue weighted by atomic mass is 35.5. The fourth-order valence-electron chi connectivity index (χ4n) is 1.29. The van der Waals surface area contributed by atoms with Crippen LogP contribution in [0.2, 0.25) is 10.0 Å². The van der Waals surface area contributed by atoms with E-state index in [0.29, 0.717) is 22.3 Å². The molecule has 0 spiro atoms. The van der Waals surface area contributed by atoms with Gasteiger partial charge in [0.1, 0.15) is 23.5 Å². The zero-order chi connectivity index (χ0) is 12.7. The predicted molar refractivity (Wildman–Crippen MR) is 71.1 cm³/mol. The Morgan fingerprint density at radius 3 is 2.88 bits per heavy atom. The zero-order valence-corrected chi connectivity index (χ0v) is 11.3. The smallest absolute Gasteiger partial charge is 0.139 e. The molecule has 0 fully saturated rings.